The second-order valence-corrected chi connectivity index (χ2v) is 7.56. The van der Waals surface area contributed by atoms with Crippen LogP contribution in [0.5, 0.6) is 0 Å². The first-order chi connectivity index (χ1) is 12.0. The van der Waals surface area contributed by atoms with Gasteiger partial charge in [0, 0.05) is 25.0 Å². The minimum atomic E-state index is 0.215. The van der Waals surface area contributed by atoms with Crippen LogP contribution in [-0.2, 0) is 11.2 Å². The van der Waals surface area contributed by atoms with Crippen LogP contribution in [0.1, 0.15) is 55.6 Å². The number of likely N-dealkylation sites (tertiary alicyclic amines) is 1. The van der Waals surface area contributed by atoms with Crippen molar-refractivity contribution >= 4 is 18.1 Å². The molecule has 6 heteroatoms. The molecule has 5 nitrogen and oxygen atoms in total. The van der Waals surface area contributed by atoms with E-state index in [0.29, 0.717) is 23.2 Å². The number of benzene rings is 1. The van der Waals surface area contributed by atoms with E-state index in [0.717, 1.165) is 37.3 Å². The summed E-state index contributed by atoms with van der Waals surface area (Å²) in [5.41, 5.74) is 2.29. The first-order valence-corrected chi connectivity index (χ1v) is 9.36. The number of aromatic nitrogens is 3. The normalized spacial score (nSPS) is 15.8. The molecule has 1 aromatic carbocycles. The molecule has 1 N–H and O–H groups in total. The van der Waals surface area contributed by atoms with Gasteiger partial charge in [0.05, 0.1) is 6.42 Å². The lowest BCUT2D eigenvalue weighted by atomic mass is 9.95. The molecular weight excluding hydrogens is 332 g/mol. The summed E-state index contributed by atoms with van der Waals surface area (Å²) in [6.45, 7) is 7.87. The van der Waals surface area contributed by atoms with Crippen molar-refractivity contribution in [3.05, 3.63) is 46.0 Å². The quantitative estimate of drug-likeness (QED) is 0.846. The van der Waals surface area contributed by atoms with Gasteiger partial charge in [0.1, 0.15) is 5.82 Å². The summed E-state index contributed by atoms with van der Waals surface area (Å²) >= 11 is 5.35. The topological polar surface area (TPSA) is 53.9 Å². The van der Waals surface area contributed by atoms with Crippen LogP contribution >= 0.6 is 12.2 Å². The zero-order chi connectivity index (χ0) is 18.0. The van der Waals surface area contributed by atoms with E-state index >= 15 is 0 Å². The summed E-state index contributed by atoms with van der Waals surface area (Å²) in [6, 6.07) is 8.48. The predicted octanol–water partition coefficient (Wildman–Crippen LogP) is 3.78. The lowest BCUT2D eigenvalue weighted by Gasteiger charge is -2.32. The van der Waals surface area contributed by atoms with E-state index in [1.54, 1.807) is 0 Å². The molecule has 1 amide bonds. The van der Waals surface area contributed by atoms with Crippen LogP contribution in [0.25, 0.3) is 0 Å². The van der Waals surface area contributed by atoms with Crippen LogP contribution < -0.4 is 0 Å². The van der Waals surface area contributed by atoms with Gasteiger partial charge >= 0.3 is 0 Å². The van der Waals surface area contributed by atoms with Crippen molar-refractivity contribution in [1.82, 2.24) is 19.7 Å². The van der Waals surface area contributed by atoms with E-state index in [-0.39, 0.29) is 5.91 Å². The lowest BCUT2D eigenvalue weighted by Crippen LogP contribution is -2.39. The van der Waals surface area contributed by atoms with E-state index in [4.69, 9.17) is 12.2 Å². The molecular formula is C19H26N4OS. The standard InChI is InChI=1S/C19H26N4OS/c1-13(2)23-18(20-21-19(23)25)16-7-9-22(10-8-16)17(24)12-15-6-4-5-14(3)11-15/h4-6,11,13,16H,7-10,12H2,1-3H3,(H,21,25). The van der Waals surface area contributed by atoms with Crippen LogP contribution in [-0.4, -0.2) is 38.7 Å². The van der Waals surface area contributed by atoms with E-state index < -0.39 is 0 Å². The number of rotatable bonds is 4. The Hall–Kier alpha value is -1.95. The SMILES string of the molecule is Cc1cccc(CC(=O)N2CCC(c3n[nH]c(=S)n3C(C)C)CC2)c1. The Morgan fingerprint density at radius 3 is 2.72 bits per heavy atom. The number of piperidine rings is 1. The lowest BCUT2D eigenvalue weighted by molar-refractivity contribution is -0.131. The van der Waals surface area contributed by atoms with Crippen molar-refractivity contribution in [3.8, 4) is 0 Å². The van der Waals surface area contributed by atoms with Gasteiger partial charge in [-0.2, -0.15) is 5.10 Å². The maximum Gasteiger partial charge on any atom is 0.226 e. The molecule has 0 aliphatic carbocycles. The van der Waals surface area contributed by atoms with Gasteiger partial charge in [-0.1, -0.05) is 29.8 Å². The highest BCUT2D eigenvalue weighted by Gasteiger charge is 2.27. The summed E-state index contributed by atoms with van der Waals surface area (Å²) in [6.07, 6.45) is 2.36. The Bertz CT molecular complexity index is 800. The Balaban J connectivity index is 1.62. The fraction of sp³-hybridized carbons (Fsp3) is 0.526. The number of carbonyl (C=O) groups excluding carboxylic acids is 1. The molecule has 1 aromatic heterocycles. The number of H-pyrrole nitrogens is 1. The van der Waals surface area contributed by atoms with Crippen LogP contribution in [0.2, 0.25) is 0 Å². The number of amides is 1. The third kappa shape index (κ3) is 4.00. The summed E-state index contributed by atoms with van der Waals surface area (Å²) in [5.74, 6) is 1.61. The second-order valence-electron chi connectivity index (χ2n) is 7.17. The Morgan fingerprint density at radius 2 is 2.08 bits per heavy atom. The number of carbonyl (C=O) groups is 1. The second kappa shape index (κ2) is 7.52. The van der Waals surface area contributed by atoms with Gasteiger partial charge in [-0.3, -0.25) is 9.89 Å². The van der Waals surface area contributed by atoms with Crippen molar-refractivity contribution in [2.45, 2.75) is 52.0 Å². The minimum absolute atomic E-state index is 0.215. The zero-order valence-corrected chi connectivity index (χ0v) is 16.0. The minimum Gasteiger partial charge on any atom is -0.342 e. The van der Waals surface area contributed by atoms with Gasteiger partial charge in [-0.15, -0.1) is 0 Å². The highest BCUT2D eigenvalue weighted by atomic mass is 32.1. The third-order valence-corrected chi connectivity index (χ3v) is 5.19. The molecule has 0 radical (unpaired) electrons. The number of hydrogen-bond donors (Lipinski definition) is 1. The fourth-order valence-corrected chi connectivity index (χ4v) is 3.95. The molecule has 0 atom stereocenters. The van der Waals surface area contributed by atoms with Crippen molar-refractivity contribution in [2.24, 2.45) is 0 Å². The van der Waals surface area contributed by atoms with E-state index in [1.165, 1.54) is 5.56 Å². The molecule has 2 aromatic rings. The highest BCUT2D eigenvalue weighted by Crippen LogP contribution is 2.28. The molecule has 0 bridgehead atoms. The van der Waals surface area contributed by atoms with Crippen LogP contribution in [0.3, 0.4) is 0 Å². The summed E-state index contributed by atoms with van der Waals surface area (Å²) in [4.78, 5) is 14.6. The Labute approximate surface area is 154 Å². The third-order valence-electron chi connectivity index (χ3n) is 4.90. The monoisotopic (exact) mass is 358 g/mol. The maximum atomic E-state index is 12.6. The molecule has 25 heavy (non-hydrogen) atoms. The van der Waals surface area contributed by atoms with E-state index in [1.807, 2.05) is 17.0 Å². The van der Waals surface area contributed by atoms with Gasteiger partial charge in [-0.25, -0.2) is 0 Å². The molecule has 1 aliphatic rings. The van der Waals surface area contributed by atoms with E-state index in [2.05, 4.69) is 47.7 Å². The van der Waals surface area contributed by atoms with Crippen molar-refractivity contribution in [3.63, 3.8) is 0 Å². The van der Waals surface area contributed by atoms with Crippen molar-refractivity contribution < 1.29 is 4.79 Å². The van der Waals surface area contributed by atoms with Crippen molar-refractivity contribution in [2.75, 3.05) is 13.1 Å². The number of aryl methyl sites for hydroxylation is 1. The molecule has 0 saturated carbocycles. The largest absolute Gasteiger partial charge is 0.342 e. The predicted molar refractivity (Wildman–Crippen MR) is 101 cm³/mol. The summed E-state index contributed by atoms with van der Waals surface area (Å²) < 4.78 is 2.78. The van der Waals surface area contributed by atoms with Gasteiger partial charge in [-0.05, 0) is 51.4 Å². The van der Waals surface area contributed by atoms with E-state index in [9.17, 15) is 4.79 Å². The molecule has 1 saturated heterocycles. The summed E-state index contributed by atoms with van der Waals surface area (Å²) in [5, 5.41) is 7.37. The summed E-state index contributed by atoms with van der Waals surface area (Å²) in [7, 11) is 0. The van der Waals surface area contributed by atoms with Gasteiger partial charge in [0.25, 0.3) is 0 Å². The average molecular weight is 359 g/mol. The van der Waals surface area contributed by atoms with Crippen LogP contribution in [0, 0.1) is 11.7 Å². The molecule has 134 valence electrons. The number of hydrogen-bond acceptors (Lipinski definition) is 3. The number of nitrogens with one attached hydrogen (secondary N) is 1. The van der Waals surface area contributed by atoms with Crippen molar-refractivity contribution in [1.29, 1.82) is 0 Å². The van der Waals surface area contributed by atoms with Crippen LogP contribution in [0.15, 0.2) is 24.3 Å². The maximum absolute atomic E-state index is 12.6. The average Bonchev–Trinajstić information content (AvgIpc) is 2.97. The zero-order valence-electron chi connectivity index (χ0n) is 15.2. The smallest absolute Gasteiger partial charge is 0.226 e. The molecule has 0 unspecified atom stereocenters. The molecule has 2 heterocycles. The molecule has 1 fully saturated rings. The Morgan fingerprint density at radius 1 is 1.36 bits per heavy atom. The van der Waals surface area contributed by atoms with Gasteiger partial charge in [0.2, 0.25) is 5.91 Å². The Kier molecular flexibility index (Phi) is 5.37. The first-order valence-electron chi connectivity index (χ1n) is 8.96. The number of aromatic amines is 1. The molecule has 1 aliphatic heterocycles. The number of nitrogens with zero attached hydrogens (tertiary/aromatic N) is 3. The first kappa shape index (κ1) is 17.9. The fourth-order valence-electron chi connectivity index (χ4n) is 3.60. The molecule has 3 rings (SSSR count). The highest BCUT2D eigenvalue weighted by molar-refractivity contribution is 7.71. The molecule has 0 spiro atoms. The van der Waals surface area contributed by atoms with Gasteiger partial charge < -0.3 is 9.47 Å². The van der Waals surface area contributed by atoms with Crippen LogP contribution in [0.4, 0.5) is 0 Å². The van der Waals surface area contributed by atoms with Gasteiger partial charge in [0.15, 0.2) is 4.77 Å².